The Labute approximate surface area is 197 Å². The number of rotatable bonds is 6. The van der Waals surface area contributed by atoms with Crippen LogP contribution in [0.4, 0.5) is 0 Å². The van der Waals surface area contributed by atoms with Gasteiger partial charge in [-0.3, -0.25) is 4.79 Å². The molecule has 0 bridgehead atoms. The van der Waals surface area contributed by atoms with Gasteiger partial charge in [-0.15, -0.1) is 5.92 Å². The van der Waals surface area contributed by atoms with Crippen molar-refractivity contribution in [3.05, 3.63) is 41.5 Å². The summed E-state index contributed by atoms with van der Waals surface area (Å²) in [5.74, 6) is 5.56. The fourth-order valence-electron chi connectivity index (χ4n) is 4.81. The van der Waals surface area contributed by atoms with Crippen molar-refractivity contribution in [1.29, 1.82) is 0 Å². The maximum atomic E-state index is 11.1. The Morgan fingerprint density at radius 3 is 2.45 bits per heavy atom. The van der Waals surface area contributed by atoms with Gasteiger partial charge in [0.05, 0.1) is 12.3 Å². The van der Waals surface area contributed by atoms with Crippen molar-refractivity contribution in [2.24, 2.45) is 5.41 Å². The fourth-order valence-corrected chi connectivity index (χ4v) is 4.81. The SMILES string of the molecule is CC#C[C@@H](CC(=O)O)c1ccc(OCC2=CCCC3(CCCCCC3)C2)cc1.[Na]. The van der Waals surface area contributed by atoms with Crippen LogP contribution >= 0.6 is 0 Å². The molecule has 2 aliphatic rings. The first-order chi connectivity index (χ1) is 13.6. The van der Waals surface area contributed by atoms with Crippen LogP contribution in [0.1, 0.15) is 82.6 Å². The predicted octanol–water partition coefficient (Wildman–Crippen LogP) is 5.72. The number of carboxylic acids is 1. The summed E-state index contributed by atoms with van der Waals surface area (Å²) in [4.78, 5) is 11.1. The normalized spacial score (nSPS) is 19.0. The third-order valence-corrected chi connectivity index (χ3v) is 6.28. The Bertz CT molecular complexity index is 747. The zero-order valence-electron chi connectivity index (χ0n) is 18.0. The molecule has 0 heterocycles. The average molecular weight is 404 g/mol. The van der Waals surface area contributed by atoms with Gasteiger partial charge in [0.25, 0.3) is 0 Å². The molecule has 4 heteroatoms. The number of carbonyl (C=O) groups is 1. The molecule has 29 heavy (non-hydrogen) atoms. The maximum Gasteiger partial charge on any atom is 0.304 e. The van der Waals surface area contributed by atoms with E-state index in [4.69, 9.17) is 9.84 Å². The monoisotopic (exact) mass is 403 g/mol. The minimum Gasteiger partial charge on any atom is -0.489 e. The largest absolute Gasteiger partial charge is 0.489 e. The Morgan fingerprint density at radius 2 is 1.83 bits per heavy atom. The summed E-state index contributed by atoms with van der Waals surface area (Å²) < 4.78 is 6.07. The van der Waals surface area contributed by atoms with Gasteiger partial charge >= 0.3 is 5.97 Å². The summed E-state index contributed by atoms with van der Waals surface area (Å²) in [6.45, 7) is 2.40. The molecule has 1 aromatic carbocycles. The molecule has 1 fully saturated rings. The first-order valence-corrected chi connectivity index (χ1v) is 10.6. The molecule has 3 nitrogen and oxygen atoms in total. The first-order valence-electron chi connectivity index (χ1n) is 10.6. The number of hydrogen-bond acceptors (Lipinski definition) is 2. The van der Waals surface area contributed by atoms with Gasteiger partial charge in [-0.1, -0.05) is 49.8 Å². The molecule has 0 saturated heterocycles. The van der Waals surface area contributed by atoms with Gasteiger partial charge in [0.1, 0.15) is 12.4 Å². The molecule has 1 spiro atoms. The van der Waals surface area contributed by atoms with Crippen LogP contribution in [0.2, 0.25) is 0 Å². The summed E-state index contributed by atoms with van der Waals surface area (Å²) in [5.41, 5.74) is 2.90. The number of allylic oxidation sites excluding steroid dienone is 1. The Kier molecular flexibility index (Phi) is 9.83. The fraction of sp³-hybridized carbons (Fsp3) is 0.560. The van der Waals surface area contributed by atoms with E-state index in [1.165, 1.54) is 63.4 Å². The van der Waals surface area contributed by atoms with Crippen molar-refractivity contribution in [2.75, 3.05) is 6.61 Å². The quantitative estimate of drug-likeness (QED) is 0.376. The molecule has 1 atom stereocenters. The summed E-state index contributed by atoms with van der Waals surface area (Å²) >= 11 is 0. The Hall–Kier alpha value is -1.21. The van der Waals surface area contributed by atoms with Crippen LogP contribution in [0.5, 0.6) is 5.75 Å². The van der Waals surface area contributed by atoms with Gasteiger partial charge < -0.3 is 9.84 Å². The summed E-state index contributed by atoms with van der Waals surface area (Å²) in [5, 5.41) is 9.08. The van der Waals surface area contributed by atoms with Gasteiger partial charge in [0.2, 0.25) is 0 Å². The molecule has 0 unspecified atom stereocenters. The second-order valence-corrected chi connectivity index (χ2v) is 8.39. The van der Waals surface area contributed by atoms with Crippen LogP contribution in [0, 0.1) is 17.3 Å². The van der Waals surface area contributed by atoms with E-state index in [0.717, 1.165) is 11.3 Å². The van der Waals surface area contributed by atoms with E-state index in [2.05, 4.69) is 17.9 Å². The third-order valence-electron chi connectivity index (χ3n) is 6.28. The van der Waals surface area contributed by atoms with E-state index in [1.54, 1.807) is 6.92 Å². The maximum absolute atomic E-state index is 11.1. The van der Waals surface area contributed by atoms with Crippen molar-refractivity contribution >= 4 is 35.5 Å². The van der Waals surface area contributed by atoms with E-state index in [1.807, 2.05) is 24.3 Å². The molecule has 0 aliphatic heterocycles. The van der Waals surface area contributed by atoms with Crippen LogP contribution in [0.25, 0.3) is 0 Å². The van der Waals surface area contributed by atoms with Crippen LogP contribution in [-0.4, -0.2) is 47.2 Å². The molecule has 1 radical (unpaired) electrons. The number of carboxylic acid groups (broad SMARTS) is 1. The molecule has 0 aromatic heterocycles. The van der Waals surface area contributed by atoms with Crippen molar-refractivity contribution < 1.29 is 14.6 Å². The van der Waals surface area contributed by atoms with Gasteiger partial charge in [-0.25, -0.2) is 0 Å². The molecule has 0 amide bonds. The Balaban J connectivity index is 0.00000300. The van der Waals surface area contributed by atoms with Crippen molar-refractivity contribution in [3.63, 3.8) is 0 Å². The zero-order valence-corrected chi connectivity index (χ0v) is 20.0. The molecule has 1 saturated carbocycles. The summed E-state index contributed by atoms with van der Waals surface area (Å²) in [7, 11) is 0. The molecular weight excluding hydrogens is 371 g/mol. The van der Waals surface area contributed by atoms with Crippen LogP contribution < -0.4 is 4.74 Å². The molecule has 3 rings (SSSR count). The summed E-state index contributed by atoms with van der Waals surface area (Å²) in [6, 6.07) is 7.75. The van der Waals surface area contributed by atoms with E-state index < -0.39 is 5.97 Å². The minimum absolute atomic E-state index is 0. The van der Waals surface area contributed by atoms with E-state index in [9.17, 15) is 4.79 Å². The molecule has 1 N–H and O–H groups in total. The van der Waals surface area contributed by atoms with Crippen LogP contribution in [0.15, 0.2) is 35.9 Å². The zero-order chi connectivity index (χ0) is 19.8. The molecule has 151 valence electrons. The van der Waals surface area contributed by atoms with Gasteiger partial charge in [-0.05, 0) is 67.7 Å². The van der Waals surface area contributed by atoms with E-state index in [0.29, 0.717) is 12.0 Å². The minimum atomic E-state index is -0.829. The van der Waals surface area contributed by atoms with Crippen LogP contribution in [-0.2, 0) is 4.79 Å². The van der Waals surface area contributed by atoms with E-state index >= 15 is 0 Å². The average Bonchev–Trinajstić information content (AvgIpc) is 2.91. The second kappa shape index (κ2) is 11.8. The van der Waals surface area contributed by atoms with Gasteiger partial charge in [0.15, 0.2) is 0 Å². The Morgan fingerprint density at radius 1 is 1.14 bits per heavy atom. The van der Waals surface area contributed by atoms with Gasteiger partial charge in [-0.2, -0.15) is 0 Å². The summed E-state index contributed by atoms with van der Waals surface area (Å²) in [6.07, 6.45) is 14.4. The second-order valence-electron chi connectivity index (χ2n) is 8.39. The standard InChI is InChI=1S/C25H32O3.Na/c1-2-8-22(17-24(26)27)21-10-12-23(13-11-21)28-19-20-9-7-16-25(18-20)14-5-3-4-6-15-25;/h9-13,22H,3-7,14-19H2,1H3,(H,26,27);/t22-;/m0./s1. The topological polar surface area (TPSA) is 46.5 Å². The molecule has 1 aromatic rings. The molecule has 2 aliphatic carbocycles. The van der Waals surface area contributed by atoms with Crippen molar-refractivity contribution in [1.82, 2.24) is 0 Å². The number of aliphatic carboxylic acids is 1. The number of ether oxygens (including phenoxy) is 1. The number of benzene rings is 1. The predicted molar refractivity (Wildman–Crippen MR) is 118 cm³/mol. The molecular formula is C25H32NaO3. The van der Waals surface area contributed by atoms with Crippen molar-refractivity contribution in [2.45, 2.75) is 77.0 Å². The van der Waals surface area contributed by atoms with Gasteiger partial charge in [0, 0.05) is 29.6 Å². The number of hydrogen-bond donors (Lipinski definition) is 1. The van der Waals surface area contributed by atoms with Crippen molar-refractivity contribution in [3.8, 4) is 17.6 Å². The van der Waals surface area contributed by atoms with E-state index in [-0.39, 0.29) is 41.9 Å². The van der Waals surface area contributed by atoms with Crippen LogP contribution in [0.3, 0.4) is 0 Å². The third kappa shape index (κ3) is 7.21. The first kappa shape index (κ1) is 24.1. The smallest absolute Gasteiger partial charge is 0.304 e.